The number of ether oxygens (including phenoxy) is 2. The Morgan fingerprint density at radius 1 is 0.875 bits per heavy atom. The predicted molar refractivity (Wildman–Crippen MR) is 152 cm³/mol. The first-order chi connectivity index (χ1) is 19.4. The van der Waals surface area contributed by atoms with Crippen LogP contribution >= 0.6 is 0 Å². The molecule has 1 heterocycles. The lowest BCUT2D eigenvalue weighted by molar-refractivity contribution is -0.140. The number of aromatic nitrogens is 1. The molecule has 3 N–H and O–H groups in total. The van der Waals surface area contributed by atoms with Gasteiger partial charge in [-0.25, -0.2) is 4.79 Å². The fourth-order valence-corrected chi connectivity index (χ4v) is 4.29. The van der Waals surface area contributed by atoms with E-state index in [-0.39, 0.29) is 30.9 Å². The van der Waals surface area contributed by atoms with E-state index in [9.17, 15) is 19.2 Å². The molecule has 0 saturated carbocycles. The number of carbonyl (C=O) groups excluding carboxylic acids is 4. The quantitative estimate of drug-likeness (QED) is 0.195. The Morgan fingerprint density at radius 2 is 1.60 bits per heavy atom. The van der Waals surface area contributed by atoms with Gasteiger partial charge >= 0.3 is 12.1 Å². The molecule has 0 aliphatic rings. The number of fused-ring (bicyclic) bond motifs is 1. The first-order valence-corrected chi connectivity index (χ1v) is 13.5. The van der Waals surface area contributed by atoms with Crippen LogP contribution in [-0.4, -0.2) is 54.7 Å². The number of alkyl carbamates (subject to hydrolysis) is 1. The van der Waals surface area contributed by atoms with Crippen LogP contribution < -0.4 is 16.0 Å². The molecule has 0 aliphatic carbocycles. The van der Waals surface area contributed by atoms with Crippen LogP contribution in [0.2, 0.25) is 0 Å². The third-order valence-electron chi connectivity index (χ3n) is 6.54. The molecule has 0 fully saturated rings. The van der Waals surface area contributed by atoms with Crippen LogP contribution in [0.4, 0.5) is 4.79 Å². The molecule has 3 aromatic rings. The molecule has 1 atom stereocenters. The van der Waals surface area contributed by atoms with E-state index in [2.05, 4.69) is 20.7 Å². The van der Waals surface area contributed by atoms with Crippen LogP contribution in [0.5, 0.6) is 0 Å². The van der Waals surface area contributed by atoms with Crippen molar-refractivity contribution in [3.63, 3.8) is 0 Å². The number of methoxy groups -OCH3 is 1. The number of aryl methyl sites for hydroxylation is 1. The van der Waals surface area contributed by atoms with Gasteiger partial charge in [0.1, 0.15) is 18.3 Å². The van der Waals surface area contributed by atoms with Crippen molar-refractivity contribution in [2.24, 2.45) is 7.05 Å². The highest BCUT2D eigenvalue weighted by atomic mass is 16.5. The lowest BCUT2D eigenvalue weighted by Crippen LogP contribution is -2.47. The molecule has 3 rings (SSSR count). The summed E-state index contributed by atoms with van der Waals surface area (Å²) < 4.78 is 11.7. The number of hydrogen-bond acceptors (Lipinski definition) is 6. The molecule has 1 aromatic heterocycles. The molecule has 3 amide bonds. The molecule has 10 heteroatoms. The minimum absolute atomic E-state index is 0.165. The molecule has 214 valence electrons. The van der Waals surface area contributed by atoms with Crippen molar-refractivity contribution in [2.75, 3.05) is 20.2 Å². The van der Waals surface area contributed by atoms with E-state index in [4.69, 9.17) is 4.74 Å². The summed E-state index contributed by atoms with van der Waals surface area (Å²) in [6.45, 7) is 0.873. The highest BCUT2D eigenvalue weighted by Crippen LogP contribution is 2.18. The van der Waals surface area contributed by atoms with Crippen LogP contribution in [0.15, 0.2) is 60.7 Å². The number of rotatable bonds is 15. The third-order valence-corrected chi connectivity index (χ3v) is 6.54. The van der Waals surface area contributed by atoms with Gasteiger partial charge in [-0.1, -0.05) is 55.0 Å². The van der Waals surface area contributed by atoms with Gasteiger partial charge in [0.15, 0.2) is 0 Å². The summed E-state index contributed by atoms with van der Waals surface area (Å²) in [7, 11) is 3.17. The summed E-state index contributed by atoms with van der Waals surface area (Å²) in [6, 6.07) is 18.0. The smallest absolute Gasteiger partial charge is 0.407 e. The summed E-state index contributed by atoms with van der Waals surface area (Å²) in [6.07, 6.45) is 2.70. The SMILES string of the molecule is COC(=O)CCCCCNC(=O)[C@H](CCCNC(=O)OCc1ccccc1)NC(=O)c1cc2ccccc2n1C. The number of benzene rings is 2. The van der Waals surface area contributed by atoms with Gasteiger partial charge in [-0.15, -0.1) is 0 Å². The predicted octanol–water partition coefficient (Wildman–Crippen LogP) is 3.83. The Bertz CT molecular complexity index is 1270. The number of nitrogens with one attached hydrogen (secondary N) is 3. The van der Waals surface area contributed by atoms with Crippen molar-refractivity contribution < 1.29 is 28.7 Å². The second-order valence-electron chi connectivity index (χ2n) is 9.48. The summed E-state index contributed by atoms with van der Waals surface area (Å²) in [5.74, 6) is -0.906. The standard InChI is InChI=1S/C30H38N4O6/c1-34-25-16-9-8-14-23(25)20-26(34)29(37)33-24(28(36)31-18-10-4-7-17-27(35)39-2)15-11-19-32-30(38)40-21-22-12-5-3-6-13-22/h3,5-6,8-9,12-14,16,20,24H,4,7,10-11,15,17-19,21H2,1-2H3,(H,31,36)(H,32,38)(H,33,37)/t24-/m0/s1. The van der Waals surface area contributed by atoms with Crippen LogP contribution in [0.25, 0.3) is 10.9 Å². The van der Waals surface area contributed by atoms with Crippen LogP contribution in [-0.2, 0) is 32.7 Å². The fourth-order valence-electron chi connectivity index (χ4n) is 4.29. The van der Waals surface area contributed by atoms with Crippen molar-refractivity contribution >= 4 is 34.8 Å². The second-order valence-corrected chi connectivity index (χ2v) is 9.48. The van der Waals surface area contributed by atoms with Crippen molar-refractivity contribution in [1.82, 2.24) is 20.5 Å². The molecular formula is C30H38N4O6. The first-order valence-electron chi connectivity index (χ1n) is 13.5. The van der Waals surface area contributed by atoms with E-state index in [0.29, 0.717) is 44.3 Å². The van der Waals surface area contributed by atoms with Gasteiger partial charge in [0, 0.05) is 37.5 Å². The van der Waals surface area contributed by atoms with Gasteiger partial charge in [0.05, 0.1) is 7.11 Å². The molecule has 0 unspecified atom stereocenters. The van der Waals surface area contributed by atoms with E-state index < -0.39 is 12.1 Å². The molecule has 0 radical (unpaired) electrons. The Kier molecular flexibility index (Phi) is 12.0. The van der Waals surface area contributed by atoms with E-state index in [1.807, 2.05) is 61.6 Å². The van der Waals surface area contributed by atoms with Crippen LogP contribution in [0, 0.1) is 0 Å². The van der Waals surface area contributed by atoms with Crippen LogP contribution in [0.3, 0.4) is 0 Å². The molecule has 10 nitrogen and oxygen atoms in total. The minimum Gasteiger partial charge on any atom is -0.469 e. The molecular weight excluding hydrogens is 512 g/mol. The zero-order valence-corrected chi connectivity index (χ0v) is 23.1. The zero-order chi connectivity index (χ0) is 28.7. The Hall–Kier alpha value is -4.34. The van der Waals surface area contributed by atoms with Gasteiger partial charge in [0.25, 0.3) is 5.91 Å². The number of hydrogen-bond donors (Lipinski definition) is 3. The molecule has 0 spiro atoms. The van der Waals surface area contributed by atoms with E-state index in [1.54, 1.807) is 10.6 Å². The van der Waals surface area contributed by atoms with Gasteiger partial charge < -0.3 is 30.0 Å². The van der Waals surface area contributed by atoms with E-state index in [1.165, 1.54) is 7.11 Å². The fraction of sp³-hybridized carbons (Fsp3) is 0.400. The number of amides is 3. The molecule has 2 aromatic carbocycles. The van der Waals surface area contributed by atoms with Gasteiger partial charge in [-0.2, -0.15) is 0 Å². The molecule has 0 saturated heterocycles. The van der Waals surface area contributed by atoms with Gasteiger partial charge in [-0.05, 0) is 43.4 Å². The third kappa shape index (κ3) is 9.44. The number of unbranched alkanes of at least 4 members (excludes halogenated alkanes) is 2. The Morgan fingerprint density at radius 3 is 2.35 bits per heavy atom. The summed E-state index contributed by atoms with van der Waals surface area (Å²) in [5, 5.41) is 9.37. The topological polar surface area (TPSA) is 128 Å². The van der Waals surface area contributed by atoms with E-state index in [0.717, 1.165) is 22.9 Å². The maximum absolute atomic E-state index is 13.2. The summed E-state index contributed by atoms with van der Waals surface area (Å²) >= 11 is 0. The van der Waals surface area contributed by atoms with Gasteiger partial charge in [0.2, 0.25) is 5.91 Å². The summed E-state index contributed by atoms with van der Waals surface area (Å²) in [5.41, 5.74) is 2.25. The molecule has 40 heavy (non-hydrogen) atoms. The van der Waals surface area contributed by atoms with Crippen molar-refractivity contribution in [2.45, 2.75) is 51.2 Å². The largest absolute Gasteiger partial charge is 0.469 e. The first kappa shape index (κ1) is 30.2. The van der Waals surface area contributed by atoms with Crippen LogP contribution in [0.1, 0.15) is 54.6 Å². The monoisotopic (exact) mass is 550 g/mol. The Labute approximate surface area is 234 Å². The molecule has 0 aliphatic heterocycles. The number of esters is 1. The van der Waals surface area contributed by atoms with Crippen molar-refractivity contribution in [3.8, 4) is 0 Å². The van der Waals surface area contributed by atoms with E-state index >= 15 is 0 Å². The highest BCUT2D eigenvalue weighted by Gasteiger charge is 2.23. The lowest BCUT2D eigenvalue weighted by atomic mass is 10.1. The average molecular weight is 551 g/mol. The average Bonchev–Trinajstić information content (AvgIpc) is 3.31. The van der Waals surface area contributed by atoms with Crippen molar-refractivity contribution in [1.29, 1.82) is 0 Å². The number of para-hydroxylation sites is 1. The molecule has 0 bridgehead atoms. The van der Waals surface area contributed by atoms with Crippen molar-refractivity contribution in [3.05, 3.63) is 71.9 Å². The second kappa shape index (κ2) is 15.9. The zero-order valence-electron chi connectivity index (χ0n) is 23.1. The Balaban J connectivity index is 1.51. The summed E-state index contributed by atoms with van der Waals surface area (Å²) in [4.78, 5) is 49.5. The minimum atomic E-state index is -0.789. The maximum atomic E-state index is 13.2. The maximum Gasteiger partial charge on any atom is 0.407 e. The number of nitrogens with zero attached hydrogens (tertiary/aromatic N) is 1. The number of carbonyl (C=O) groups is 4. The van der Waals surface area contributed by atoms with Gasteiger partial charge in [-0.3, -0.25) is 14.4 Å². The normalized spacial score (nSPS) is 11.4. The lowest BCUT2D eigenvalue weighted by Gasteiger charge is -2.19. The highest BCUT2D eigenvalue weighted by molar-refractivity contribution is 6.00.